The van der Waals surface area contributed by atoms with E-state index in [1.54, 1.807) is 0 Å². The van der Waals surface area contributed by atoms with Crippen LogP contribution in [-0.2, 0) is 4.79 Å². The summed E-state index contributed by atoms with van der Waals surface area (Å²) in [6.45, 7) is 5.86. The number of hydrogen-bond acceptors (Lipinski definition) is 2. The van der Waals surface area contributed by atoms with E-state index in [0.29, 0.717) is 0 Å². The van der Waals surface area contributed by atoms with E-state index in [4.69, 9.17) is 0 Å². The van der Waals surface area contributed by atoms with Crippen molar-refractivity contribution in [3.05, 3.63) is 35.9 Å². The second kappa shape index (κ2) is 6.55. The van der Waals surface area contributed by atoms with Crippen LogP contribution in [0, 0.1) is 11.8 Å². The normalized spacial score (nSPS) is 14.6. The van der Waals surface area contributed by atoms with Crippen LogP contribution in [0.25, 0.3) is 0 Å². The molecule has 0 saturated heterocycles. The molecule has 1 aromatic carbocycles. The van der Waals surface area contributed by atoms with Crippen molar-refractivity contribution in [1.82, 2.24) is 0 Å². The van der Waals surface area contributed by atoms with E-state index in [9.17, 15) is 9.90 Å². The molecule has 1 N–H and O–H groups in total. The maximum absolute atomic E-state index is 12.2. The first kappa shape index (κ1) is 13.9. The molecule has 0 amide bonds. The highest BCUT2D eigenvalue weighted by Crippen LogP contribution is 2.26. The monoisotopic (exact) mass is 234 g/mol. The molecule has 2 atom stereocenters. The Morgan fingerprint density at radius 1 is 1.18 bits per heavy atom. The molecular weight excluding hydrogens is 212 g/mol. The fraction of sp³-hybridized carbons (Fsp3) is 0.533. The van der Waals surface area contributed by atoms with Crippen LogP contribution in [0.5, 0.6) is 0 Å². The Hall–Kier alpha value is -1.15. The number of ketones is 1. The third kappa shape index (κ3) is 3.40. The molecule has 0 radical (unpaired) electrons. The van der Waals surface area contributed by atoms with Crippen LogP contribution in [0.1, 0.15) is 45.3 Å². The Bertz CT molecular complexity index is 341. The zero-order valence-electron chi connectivity index (χ0n) is 10.9. The maximum Gasteiger partial charge on any atom is 0.141 e. The SMILES string of the molecule is CCC(CC)C(=O)C(C)C(O)c1ccccc1. The Morgan fingerprint density at radius 3 is 2.18 bits per heavy atom. The second-order valence-electron chi connectivity index (χ2n) is 4.56. The van der Waals surface area contributed by atoms with Crippen molar-refractivity contribution in [2.75, 3.05) is 0 Å². The zero-order valence-corrected chi connectivity index (χ0v) is 10.9. The van der Waals surface area contributed by atoms with Gasteiger partial charge in [-0.1, -0.05) is 51.1 Å². The van der Waals surface area contributed by atoms with Crippen LogP contribution in [0.3, 0.4) is 0 Å². The molecule has 94 valence electrons. The molecule has 0 spiro atoms. The summed E-state index contributed by atoms with van der Waals surface area (Å²) in [6, 6.07) is 9.39. The van der Waals surface area contributed by atoms with Crippen molar-refractivity contribution < 1.29 is 9.90 Å². The van der Waals surface area contributed by atoms with Gasteiger partial charge in [0.2, 0.25) is 0 Å². The third-order valence-electron chi connectivity index (χ3n) is 3.45. The quantitative estimate of drug-likeness (QED) is 0.819. The van der Waals surface area contributed by atoms with Gasteiger partial charge in [-0.2, -0.15) is 0 Å². The van der Waals surface area contributed by atoms with E-state index >= 15 is 0 Å². The third-order valence-corrected chi connectivity index (χ3v) is 3.45. The highest BCUT2D eigenvalue weighted by molar-refractivity contribution is 5.83. The van der Waals surface area contributed by atoms with Gasteiger partial charge < -0.3 is 5.11 Å². The van der Waals surface area contributed by atoms with Crippen molar-refractivity contribution in [1.29, 1.82) is 0 Å². The molecule has 2 heteroatoms. The molecular formula is C15H22O2. The molecule has 0 aromatic heterocycles. The Balaban J connectivity index is 2.76. The van der Waals surface area contributed by atoms with Gasteiger partial charge in [-0.15, -0.1) is 0 Å². The highest BCUT2D eigenvalue weighted by atomic mass is 16.3. The van der Waals surface area contributed by atoms with Crippen LogP contribution in [-0.4, -0.2) is 10.9 Å². The van der Waals surface area contributed by atoms with E-state index in [-0.39, 0.29) is 17.6 Å². The largest absolute Gasteiger partial charge is 0.388 e. The summed E-state index contributed by atoms with van der Waals surface area (Å²) in [6.07, 6.45) is 1.01. The summed E-state index contributed by atoms with van der Waals surface area (Å²) < 4.78 is 0. The van der Waals surface area contributed by atoms with Gasteiger partial charge in [-0.05, 0) is 18.4 Å². The lowest BCUT2D eigenvalue weighted by molar-refractivity contribution is -0.130. The molecule has 0 fully saturated rings. The molecule has 0 bridgehead atoms. The van der Waals surface area contributed by atoms with Gasteiger partial charge in [-0.25, -0.2) is 0 Å². The molecule has 2 unspecified atom stereocenters. The van der Waals surface area contributed by atoms with Crippen LogP contribution >= 0.6 is 0 Å². The van der Waals surface area contributed by atoms with E-state index in [2.05, 4.69) is 0 Å². The van der Waals surface area contributed by atoms with E-state index in [1.807, 2.05) is 51.1 Å². The smallest absolute Gasteiger partial charge is 0.141 e. The van der Waals surface area contributed by atoms with Gasteiger partial charge >= 0.3 is 0 Å². The number of aliphatic hydroxyl groups excluding tert-OH is 1. The van der Waals surface area contributed by atoms with Gasteiger partial charge in [0.15, 0.2) is 0 Å². The van der Waals surface area contributed by atoms with E-state index in [1.165, 1.54) is 0 Å². The van der Waals surface area contributed by atoms with Crippen molar-refractivity contribution in [3.8, 4) is 0 Å². The lowest BCUT2D eigenvalue weighted by atomic mass is 9.85. The minimum atomic E-state index is -0.690. The van der Waals surface area contributed by atoms with Gasteiger partial charge in [0.05, 0.1) is 6.10 Å². The fourth-order valence-electron chi connectivity index (χ4n) is 2.16. The summed E-state index contributed by atoms with van der Waals surface area (Å²) in [5.41, 5.74) is 0.819. The van der Waals surface area contributed by atoms with Crippen molar-refractivity contribution >= 4 is 5.78 Å². The van der Waals surface area contributed by atoms with Crippen LogP contribution < -0.4 is 0 Å². The number of hydrogen-bond donors (Lipinski definition) is 1. The predicted octanol–water partition coefficient (Wildman–Crippen LogP) is 3.36. The first-order valence-electron chi connectivity index (χ1n) is 6.38. The van der Waals surface area contributed by atoms with Gasteiger partial charge in [0.25, 0.3) is 0 Å². The summed E-state index contributed by atoms with van der Waals surface area (Å²) in [5.74, 6) is -0.0861. The lowest BCUT2D eigenvalue weighted by Crippen LogP contribution is -2.25. The van der Waals surface area contributed by atoms with Gasteiger partial charge in [-0.3, -0.25) is 4.79 Å². The molecule has 0 aliphatic heterocycles. The molecule has 0 saturated carbocycles. The number of benzene rings is 1. The fourth-order valence-corrected chi connectivity index (χ4v) is 2.16. The minimum absolute atomic E-state index is 0.0726. The number of carbonyl (C=O) groups is 1. The van der Waals surface area contributed by atoms with Gasteiger partial charge in [0.1, 0.15) is 5.78 Å². The molecule has 0 aliphatic carbocycles. The number of Topliss-reactive ketones (excluding diaryl/α,β-unsaturated/α-hetero) is 1. The van der Waals surface area contributed by atoms with E-state index in [0.717, 1.165) is 18.4 Å². The first-order valence-corrected chi connectivity index (χ1v) is 6.38. The molecule has 0 aliphatic rings. The molecule has 2 nitrogen and oxygen atoms in total. The summed E-state index contributed by atoms with van der Waals surface area (Å²) in [4.78, 5) is 12.2. The Morgan fingerprint density at radius 2 is 1.71 bits per heavy atom. The average molecular weight is 234 g/mol. The molecule has 0 heterocycles. The molecule has 1 aromatic rings. The summed E-state index contributed by atoms with van der Waals surface area (Å²) in [7, 11) is 0. The van der Waals surface area contributed by atoms with E-state index < -0.39 is 6.10 Å². The number of aliphatic hydroxyl groups is 1. The zero-order chi connectivity index (χ0) is 12.8. The molecule has 1 rings (SSSR count). The Labute approximate surface area is 104 Å². The lowest BCUT2D eigenvalue weighted by Gasteiger charge is -2.22. The van der Waals surface area contributed by atoms with Crippen molar-refractivity contribution in [2.45, 2.75) is 39.7 Å². The summed E-state index contributed by atoms with van der Waals surface area (Å²) >= 11 is 0. The van der Waals surface area contributed by atoms with Crippen molar-refractivity contribution in [3.63, 3.8) is 0 Å². The first-order chi connectivity index (χ1) is 8.11. The highest BCUT2D eigenvalue weighted by Gasteiger charge is 2.27. The standard InChI is InChI=1S/C15H22O2/c1-4-12(5-2)14(16)11(3)15(17)13-9-7-6-8-10-13/h6-12,15,17H,4-5H2,1-3H3. The van der Waals surface area contributed by atoms with Gasteiger partial charge in [0, 0.05) is 11.8 Å². The second-order valence-corrected chi connectivity index (χ2v) is 4.56. The minimum Gasteiger partial charge on any atom is -0.388 e. The predicted molar refractivity (Wildman–Crippen MR) is 69.6 cm³/mol. The number of carbonyl (C=O) groups excluding carboxylic acids is 1. The molecule has 17 heavy (non-hydrogen) atoms. The average Bonchev–Trinajstić information content (AvgIpc) is 2.39. The van der Waals surface area contributed by atoms with Crippen LogP contribution in [0.4, 0.5) is 0 Å². The summed E-state index contributed by atoms with van der Waals surface area (Å²) in [5, 5.41) is 10.2. The van der Waals surface area contributed by atoms with Crippen LogP contribution in [0.15, 0.2) is 30.3 Å². The maximum atomic E-state index is 12.2. The topological polar surface area (TPSA) is 37.3 Å². The van der Waals surface area contributed by atoms with Crippen molar-refractivity contribution in [2.24, 2.45) is 11.8 Å². The number of rotatable bonds is 6. The van der Waals surface area contributed by atoms with Crippen LogP contribution in [0.2, 0.25) is 0 Å². The Kier molecular flexibility index (Phi) is 5.36.